The molecule has 0 bridgehead atoms. The summed E-state index contributed by atoms with van der Waals surface area (Å²) in [6.07, 6.45) is 3.83. The van der Waals surface area contributed by atoms with Crippen molar-refractivity contribution in [3.05, 3.63) is 30.1 Å². The number of carbonyl (C=O) groups excluding carboxylic acids is 1. The van der Waals surface area contributed by atoms with E-state index in [0.29, 0.717) is 6.54 Å². The summed E-state index contributed by atoms with van der Waals surface area (Å²) in [4.78, 5) is 11.8. The van der Waals surface area contributed by atoms with Crippen LogP contribution in [0.1, 0.15) is 26.7 Å². The van der Waals surface area contributed by atoms with Crippen LogP contribution >= 0.6 is 11.8 Å². The average molecular weight is 377 g/mol. The first-order valence-corrected chi connectivity index (χ1v) is 10.7. The zero-order chi connectivity index (χ0) is 18.2. The second-order valence-corrected chi connectivity index (χ2v) is 8.43. The molecule has 1 rings (SSSR count). The zero-order valence-electron chi connectivity index (χ0n) is 14.2. The van der Waals surface area contributed by atoms with Crippen LogP contribution in [0, 0.1) is 11.7 Å². The molecule has 0 aromatic heterocycles. The van der Waals surface area contributed by atoms with E-state index in [4.69, 9.17) is 0 Å². The normalized spacial score (nSPS) is 13.0. The summed E-state index contributed by atoms with van der Waals surface area (Å²) in [6, 6.07) is 4.15. The Morgan fingerprint density at radius 1 is 1.25 bits per heavy atom. The van der Waals surface area contributed by atoms with Gasteiger partial charge in [-0.05, 0) is 42.9 Å². The van der Waals surface area contributed by atoms with E-state index >= 15 is 0 Å². The molecule has 0 saturated carbocycles. The van der Waals surface area contributed by atoms with Crippen LogP contribution in [0.2, 0.25) is 0 Å². The molecule has 0 aliphatic rings. The topological polar surface area (TPSA) is 75.3 Å². The van der Waals surface area contributed by atoms with Crippen LogP contribution in [0.4, 0.5) is 4.39 Å². The molecule has 136 valence electrons. The molecule has 1 aromatic carbocycles. The molecular formula is C16H25FN2O3S2. The number of thioether (sulfide) groups is 1. The lowest BCUT2D eigenvalue weighted by Gasteiger charge is -2.21. The Bertz CT molecular complexity index is 636. The quantitative estimate of drug-likeness (QED) is 0.615. The van der Waals surface area contributed by atoms with Gasteiger partial charge in [-0.1, -0.05) is 26.0 Å². The molecule has 0 aliphatic carbocycles. The summed E-state index contributed by atoms with van der Waals surface area (Å²) in [5.41, 5.74) is 0. The molecule has 0 radical (unpaired) electrons. The molecule has 1 atom stereocenters. The minimum absolute atomic E-state index is 0.266. The minimum Gasteiger partial charge on any atom is -0.355 e. The Morgan fingerprint density at radius 3 is 2.50 bits per heavy atom. The summed E-state index contributed by atoms with van der Waals surface area (Å²) in [6.45, 7) is 3.97. The standard InChI is InChI=1S/C16H25FN2O3S2/c1-12(2)15(16(20)18-10-6-7-11-23-3)19-24(21,22)14-9-5-4-8-13(14)17/h4-5,8-9,12,15,19H,6-7,10-11H2,1-3H3,(H,18,20)/t15-/m0/s1. The number of hydrogen-bond acceptors (Lipinski definition) is 4. The zero-order valence-corrected chi connectivity index (χ0v) is 15.8. The van der Waals surface area contributed by atoms with Crippen molar-refractivity contribution in [1.82, 2.24) is 10.0 Å². The van der Waals surface area contributed by atoms with Crippen molar-refractivity contribution >= 4 is 27.7 Å². The third kappa shape index (κ3) is 6.41. The molecule has 0 fully saturated rings. The Kier molecular flexibility index (Phi) is 8.72. The van der Waals surface area contributed by atoms with Crippen LogP contribution in [0.5, 0.6) is 0 Å². The Labute approximate surface area is 147 Å². The number of unbranched alkanes of at least 4 members (excludes halogenated alkanes) is 1. The molecule has 8 heteroatoms. The van der Waals surface area contributed by atoms with Crippen LogP contribution in [0.25, 0.3) is 0 Å². The van der Waals surface area contributed by atoms with Crippen molar-refractivity contribution in [2.45, 2.75) is 37.6 Å². The highest BCUT2D eigenvalue weighted by Gasteiger charge is 2.29. The van der Waals surface area contributed by atoms with Gasteiger partial charge in [0, 0.05) is 6.54 Å². The fourth-order valence-corrected chi connectivity index (χ4v) is 3.99. The molecule has 1 amide bonds. The van der Waals surface area contributed by atoms with Crippen molar-refractivity contribution < 1.29 is 17.6 Å². The number of nitrogens with one attached hydrogen (secondary N) is 2. The van der Waals surface area contributed by atoms with Gasteiger partial charge in [-0.2, -0.15) is 16.5 Å². The van der Waals surface area contributed by atoms with Crippen LogP contribution < -0.4 is 10.0 Å². The first kappa shape index (κ1) is 20.9. The van der Waals surface area contributed by atoms with Gasteiger partial charge in [-0.3, -0.25) is 4.79 Å². The smallest absolute Gasteiger partial charge is 0.244 e. The van der Waals surface area contributed by atoms with Gasteiger partial charge in [0.1, 0.15) is 16.8 Å². The lowest BCUT2D eigenvalue weighted by molar-refractivity contribution is -0.123. The molecule has 5 nitrogen and oxygen atoms in total. The monoisotopic (exact) mass is 376 g/mol. The summed E-state index contributed by atoms with van der Waals surface area (Å²) < 4.78 is 40.8. The van der Waals surface area contributed by atoms with E-state index in [0.717, 1.165) is 24.7 Å². The molecule has 0 spiro atoms. The van der Waals surface area contributed by atoms with E-state index in [-0.39, 0.29) is 5.92 Å². The van der Waals surface area contributed by atoms with Crippen LogP contribution in [0.15, 0.2) is 29.2 Å². The lowest BCUT2D eigenvalue weighted by atomic mass is 10.1. The third-order valence-electron chi connectivity index (χ3n) is 3.43. The number of benzene rings is 1. The number of hydrogen-bond donors (Lipinski definition) is 2. The lowest BCUT2D eigenvalue weighted by Crippen LogP contribution is -2.49. The summed E-state index contributed by atoms with van der Waals surface area (Å²) in [7, 11) is -4.11. The minimum atomic E-state index is -4.11. The number of sulfonamides is 1. The van der Waals surface area contributed by atoms with E-state index < -0.39 is 32.7 Å². The highest BCUT2D eigenvalue weighted by Crippen LogP contribution is 2.15. The fraction of sp³-hybridized carbons (Fsp3) is 0.562. The molecule has 0 saturated heterocycles. The van der Waals surface area contributed by atoms with E-state index in [1.54, 1.807) is 25.6 Å². The second kappa shape index (κ2) is 10.0. The maximum atomic E-state index is 13.7. The van der Waals surface area contributed by atoms with Crippen LogP contribution in [0.3, 0.4) is 0 Å². The molecule has 0 aliphatic heterocycles. The first-order valence-electron chi connectivity index (χ1n) is 7.83. The maximum Gasteiger partial charge on any atom is 0.244 e. The SMILES string of the molecule is CSCCCCNC(=O)[C@@H](NS(=O)(=O)c1ccccc1F)C(C)C. The van der Waals surface area contributed by atoms with Crippen molar-refractivity contribution in [2.75, 3.05) is 18.6 Å². The van der Waals surface area contributed by atoms with Crippen molar-refractivity contribution in [3.8, 4) is 0 Å². The number of rotatable bonds is 10. The predicted octanol–water partition coefficient (Wildman–Crippen LogP) is 2.39. The molecule has 0 unspecified atom stereocenters. The number of carbonyl (C=O) groups is 1. The van der Waals surface area contributed by atoms with E-state index in [1.807, 2.05) is 6.26 Å². The van der Waals surface area contributed by atoms with Gasteiger partial charge in [0.15, 0.2) is 0 Å². The Morgan fingerprint density at radius 2 is 1.92 bits per heavy atom. The summed E-state index contributed by atoms with van der Waals surface area (Å²) >= 11 is 1.74. The van der Waals surface area contributed by atoms with Gasteiger partial charge in [0.05, 0.1) is 0 Å². The van der Waals surface area contributed by atoms with Crippen molar-refractivity contribution in [3.63, 3.8) is 0 Å². The Hall–Kier alpha value is -1.12. The average Bonchev–Trinajstić information content (AvgIpc) is 2.52. The van der Waals surface area contributed by atoms with Gasteiger partial charge in [-0.15, -0.1) is 0 Å². The number of amides is 1. The van der Waals surface area contributed by atoms with Crippen LogP contribution in [-0.2, 0) is 14.8 Å². The van der Waals surface area contributed by atoms with E-state index in [2.05, 4.69) is 10.0 Å². The molecule has 0 heterocycles. The second-order valence-electron chi connectivity index (χ2n) is 5.76. The molecule has 1 aromatic rings. The van der Waals surface area contributed by atoms with Gasteiger partial charge >= 0.3 is 0 Å². The van der Waals surface area contributed by atoms with Gasteiger partial charge in [-0.25, -0.2) is 12.8 Å². The molecule has 24 heavy (non-hydrogen) atoms. The van der Waals surface area contributed by atoms with E-state index in [1.165, 1.54) is 18.2 Å². The molecular weight excluding hydrogens is 351 g/mol. The van der Waals surface area contributed by atoms with Gasteiger partial charge in [0.25, 0.3) is 0 Å². The van der Waals surface area contributed by atoms with Crippen LogP contribution in [-0.4, -0.2) is 38.9 Å². The highest BCUT2D eigenvalue weighted by atomic mass is 32.2. The summed E-state index contributed by atoms with van der Waals surface area (Å²) in [5, 5.41) is 2.74. The number of halogens is 1. The maximum absolute atomic E-state index is 13.7. The van der Waals surface area contributed by atoms with Gasteiger partial charge in [0.2, 0.25) is 15.9 Å². The third-order valence-corrected chi connectivity index (χ3v) is 5.60. The first-order chi connectivity index (χ1) is 11.3. The largest absolute Gasteiger partial charge is 0.355 e. The van der Waals surface area contributed by atoms with Crippen molar-refractivity contribution in [2.24, 2.45) is 5.92 Å². The predicted molar refractivity (Wildman–Crippen MR) is 96.0 cm³/mol. The van der Waals surface area contributed by atoms with Gasteiger partial charge < -0.3 is 5.32 Å². The fourth-order valence-electron chi connectivity index (χ4n) is 2.08. The molecule has 2 N–H and O–H groups in total. The highest BCUT2D eigenvalue weighted by molar-refractivity contribution is 7.98. The van der Waals surface area contributed by atoms with E-state index in [9.17, 15) is 17.6 Å². The van der Waals surface area contributed by atoms with Crippen molar-refractivity contribution in [1.29, 1.82) is 0 Å². The Balaban J connectivity index is 2.75. The summed E-state index contributed by atoms with van der Waals surface area (Å²) in [5.74, 6) is -0.486.